The Morgan fingerprint density at radius 2 is 2.10 bits per heavy atom. The van der Waals surface area contributed by atoms with Gasteiger partial charge in [0.05, 0.1) is 16.9 Å². The van der Waals surface area contributed by atoms with Crippen LogP contribution in [0.2, 0.25) is 5.02 Å². The van der Waals surface area contributed by atoms with Crippen molar-refractivity contribution in [3.8, 4) is 11.1 Å². The standard InChI is InChI=1S/C20H24ClN5O.C3H6S/c1-3-4-18(13-25(14-27)11-15-9-24(2)10-15)26-12-16(8-23-26)19-6-5-17(22)7-20(19)21;4-3-1-2-3/h3-8,12-15H,9-11,22H2,1-2H3;3-4H,1-2H2/b4-3-,18-13+;. The summed E-state index contributed by atoms with van der Waals surface area (Å²) >= 11 is 10.4. The number of amides is 1. The largest absolute Gasteiger partial charge is 0.399 e. The predicted molar refractivity (Wildman–Crippen MR) is 132 cm³/mol. The number of aromatic nitrogens is 2. The van der Waals surface area contributed by atoms with Crippen LogP contribution >= 0.6 is 24.2 Å². The summed E-state index contributed by atoms with van der Waals surface area (Å²) in [6.45, 7) is 4.66. The summed E-state index contributed by atoms with van der Waals surface area (Å²) in [7, 11) is 2.08. The molecule has 1 aliphatic heterocycles. The molecule has 2 fully saturated rings. The third kappa shape index (κ3) is 6.89. The van der Waals surface area contributed by atoms with E-state index >= 15 is 0 Å². The summed E-state index contributed by atoms with van der Waals surface area (Å²) in [5, 5.41) is 5.80. The molecule has 2 N–H and O–H groups in total. The van der Waals surface area contributed by atoms with Gasteiger partial charge < -0.3 is 15.5 Å². The molecule has 8 heteroatoms. The maximum Gasteiger partial charge on any atom is 0.213 e. The van der Waals surface area contributed by atoms with Gasteiger partial charge in [0.25, 0.3) is 0 Å². The molecule has 166 valence electrons. The second-order valence-electron chi connectivity index (χ2n) is 8.09. The first-order valence-corrected chi connectivity index (χ1v) is 11.3. The summed E-state index contributed by atoms with van der Waals surface area (Å²) in [5.41, 5.74) is 8.93. The third-order valence-electron chi connectivity index (χ3n) is 5.08. The summed E-state index contributed by atoms with van der Waals surface area (Å²) in [6.07, 6.45) is 12.9. The molecule has 1 aromatic carbocycles. The fourth-order valence-electron chi connectivity index (χ4n) is 3.33. The number of nitrogen functional groups attached to an aromatic ring is 1. The number of halogens is 1. The van der Waals surface area contributed by atoms with E-state index in [-0.39, 0.29) is 0 Å². The lowest BCUT2D eigenvalue weighted by Crippen LogP contribution is -2.48. The highest BCUT2D eigenvalue weighted by molar-refractivity contribution is 7.81. The maximum absolute atomic E-state index is 11.5. The van der Waals surface area contributed by atoms with E-state index in [0.29, 0.717) is 23.2 Å². The van der Waals surface area contributed by atoms with Crippen molar-refractivity contribution in [2.24, 2.45) is 5.92 Å². The van der Waals surface area contributed by atoms with Crippen molar-refractivity contribution in [2.75, 3.05) is 32.4 Å². The molecule has 0 unspecified atom stereocenters. The Kier molecular flexibility index (Phi) is 8.23. The van der Waals surface area contributed by atoms with Crippen LogP contribution < -0.4 is 5.73 Å². The fourth-order valence-corrected chi connectivity index (χ4v) is 3.78. The number of benzene rings is 1. The van der Waals surface area contributed by atoms with Crippen molar-refractivity contribution in [1.82, 2.24) is 19.6 Å². The highest BCUT2D eigenvalue weighted by atomic mass is 35.5. The van der Waals surface area contributed by atoms with Gasteiger partial charge >= 0.3 is 0 Å². The molecule has 2 heterocycles. The van der Waals surface area contributed by atoms with Crippen LogP contribution in [0.4, 0.5) is 5.69 Å². The van der Waals surface area contributed by atoms with Gasteiger partial charge in [-0.1, -0.05) is 23.7 Å². The molecule has 2 aromatic rings. The number of anilines is 1. The molecule has 1 saturated carbocycles. The number of nitrogens with zero attached hydrogens (tertiary/aromatic N) is 4. The molecule has 4 rings (SSSR count). The van der Waals surface area contributed by atoms with Crippen LogP contribution in [-0.4, -0.2) is 57.9 Å². The molecule has 0 bridgehead atoms. The Morgan fingerprint density at radius 3 is 2.65 bits per heavy atom. The van der Waals surface area contributed by atoms with Crippen LogP contribution in [0.3, 0.4) is 0 Å². The summed E-state index contributed by atoms with van der Waals surface area (Å²) in [4.78, 5) is 15.4. The van der Waals surface area contributed by atoms with E-state index in [2.05, 4.69) is 29.7 Å². The number of allylic oxidation sites excluding steroid dienone is 3. The quantitative estimate of drug-likeness (QED) is 0.281. The number of thiol groups is 1. The number of hydrogen-bond acceptors (Lipinski definition) is 5. The van der Waals surface area contributed by atoms with E-state index in [0.717, 1.165) is 41.6 Å². The van der Waals surface area contributed by atoms with Crippen LogP contribution in [0.25, 0.3) is 16.8 Å². The van der Waals surface area contributed by atoms with Crippen molar-refractivity contribution in [3.05, 3.63) is 54.0 Å². The number of carbonyl (C=O) groups excluding carboxylic acids is 1. The molecule has 0 radical (unpaired) electrons. The highest BCUT2D eigenvalue weighted by Crippen LogP contribution is 2.30. The lowest BCUT2D eigenvalue weighted by molar-refractivity contribution is -0.116. The van der Waals surface area contributed by atoms with Crippen molar-refractivity contribution in [2.45, 2.75) is 25.0 Å². The van der Waals surface area contributed by atoms with Gasteiger partial charge in [0, 0.05) is 60.0 Å². The number of hydrogen-bond donors (Lipinski definition) is 2. The smallest absolute Gasteiger partial charge is 0.213 e. The fraction of sp³-hybridized carbons (Fsp3) is 0.391. The van der Waals surface area contributed by atoms with Crippen molar-refractivity contribution >= 4 is 42.0 Å². The van der Waals surface area contributed by atoms with Gasteiger partial charge in [-0.05, 0) is 45.0 Å². The zero-order valence-electron chi connectivity index (χ0n) is 18.0. The molecule has 1 aromatic heterocycles. The molecule has 1 aliphatic carbocycles. The van der Waals surface area contributed by atoms with Gasteiger partial charge in [-0.3, -0.25) is 4.79 Å². The van der Waals surface area contributed by atoms with E-state index in [9.17, 15) is 4.79 Å². The number of rotatable bonds is 7. The monoisotopic (exact) mass is 459 g/mol. The van der Waals surface area contributed by atoms with E-state index in [4.69, 9.17) is 17.3 Å². The van der Waals surface area contributed by atoms with Gasteiger partial charge in [-0.25, -0.2) is 4.68 Å². The lowest BCUT2D eigenvalue weighted by atomic mass is 10.0. The minimum absolute atomic E-state index is 0.505. The normalized spacial score (nSPS) is 17.2. The number of nitrogens with two attached hydrogens (primary N) is 1. The van der Waals surface area contributed by atoms with E-state index in [1.807, 2.05) is 43.6 Å². The predicted octanol–water partition coefficient (Wildman–Crippen LogP) is 4.26. The summed E-state index contributed by atoms with van der Waals surface area (Å²) in [6, 6.07) is 5.41. The highest BCUT2D eigenvalue weighted by Gasteiger charge is 2.24. The third-order valence-corrected chi connectivity index (χ3v) is 5.91. The van der Waals surface area contributed by atoms with Crippen molar-refractivity contribution in [3.63, 3.8) is 0 Å². The Balaban J connectivity index is 0.000000610. The SMILES string of the molecule is C/C=C\C(=C/N(C=O)CC1CN(C)C1)n1cc(-c2ccc(N)cc2Cl)cn1.SC1CC1. The average molecular weight is 460 g/mol. The molecule has 1 saturated heterocycles. The molecule has 2 aliphatic rings. The second-order valence-corrected chi connectivity index (χ2v) is 9.22. The second kappa shape index (κ2) is 10.9. The van der Waals surface area contributed by atoms with Gasteiger partial charge in [0.15, 0.2) is 0 Å². The summed E-state index contributed by atoms with van der Waals surface area (Å²) in [5.74, 6) is 0.505. The molecular weight excluding hydrogens is 430 g/mol. The minimum atomic E-state index is 0.505. The summed E-state index contributed by atoms with van der Waals surface area (Å²) < 4.78 is 1.74. The van der Waals surface area contributed by atoms with Crippen LogP contribution in [-0.2, 0) is 4.79 Å². The van der Waals surface area contributed by atoms with E-state index < -0.39 is 0 Å². The van der Waals surface area contributed by atoms with Gasteiger partial charge in [-0.2, -0.15) is 17.7 Å². The zero-order chi connectivity index (χ0) is 22.4. The molecule has 6 nitrogen and oxygen atoms in total. The topological polar surface area (TPSA) is 67.4 Å². The Bertz CT molecular complexity index is 947. The number of likely N-dealkylation sites (tertiary alicyclic amines) is 1. The first-order valence-electron chi connectivity index (χ1n) is 10.4. The van der Waals surface area contributed by atoms with Gasteiger partial charge in [0.1, 0.15) is 0 Å². The Labute approximate surface area is 194 Å². The Morgan fingerprint density at radius 1 is 1.39 bits per heavy atom. The molecule has 31 heavy (non-hydrogen) atoms. The molecule has 1 amide bonds. The molecule has 0 atom stereocenters. The minimum Gasteiger partial charge on any atom is -0.399 e. The van der Waals surface area contributed by atoms with Crippen molar-refractivity contribution in [1.29, 1.82) is 0 Å². The first kappa shape index (κ1) is 23.4. The number of carbonyl (C=O) groups is 1. The van der Waals surface area contributed by atoms with Crippen LogP contribution in [0, 0.1) is 5.92 Å². The lowest BCUT2D eigenvalue weighted by Gasteiger charge is -2.37. The average Bonchev–Trinajstić information content (AvgIpc) is 3.34. The van der Waals surface area contributed by atoms with Crippen molar-refractivity contribution < 1.29 is 4.79 Å². The van der Waals surface area contributed by atoms with Gasteiger partial charge in [-0.15, -0.1) is 0 Å². The van der Waals surface area contributed by atoms with Crippen LogP contribution in [0.5, 0.6) is 0 Å². The van der Waals surface area contributed by atoms with Crippen LogP contribution in [0.15, 0.2) is 48.9 Å². The van der Waals surface area contributed by atoms with E-state index in [1.165, 1.54) is 12.8 Å². The Hall–Kier alpha value is -2.22. The van der Waals surface area contributed by atoms with E-state index in [1.54, 1.807) is 21.8 Å². The van der Waals surface area contributed by atoms with Gasteiger partial charge in [0.2, 0.25) is 6.41 Å². The molecule has 0 spiro atoms. The maximum atomic E-state index is 11.5. The molecular formula is C23H30ClN5OS. The first-order chi connectivity index (χ1) is 14.9. The zero-order valence-corrected chi connectivity index (χ0v) is 19.6. The van der Waals surface area contributed by atoms with Crippen LogP contribution in [0.1, 0.15) is 19.8 Å².